The van der Waals surface area contributed by atoms with Gasteiger partial charge in [0.1, 0.15) is 0 Å². The normalized spacial score (nSPS) is 15.2. The standard InChI is InChI=1S/C20H19F3N6O3/c21-20(22,23)19-25-16-6-1-13(11-17(16)26-19)24-18(30)12-27-7-9-28(10-8-27)14-2-4-15(5-3-14)29(31)32/h1-6,11H,7-10,12H2,(H,24,30)(H,25,26). The van der Waals surface area contributed by atoms with Gasteiger partial charge in [-0.1, -0.05) is 0 Å². The summed E-state index contributed by atoms with van der Waals surface area (Å²) in [6, 6.07) is 10.7. The monoisotopic (exact) mass is 448 g/mol. The number of nitro groups is 1. The van der Waals surface area contributed by atoms with Crippen molar-refractivity contribution < 1.29 is 22.9 Å². The number of imidazole rings is 1. The fourth-order valence-electron chi connectivity index (χ4n) is 3.57. The summed E-state index contributed by atoms with van der Waals surface area (Å²) in [5, 5.41) is 13.5. The molecule has 0 atom stereocenters. The van der Waals surface area contributed by atoms with Crippen LogP contribution >= 0.6 is 0 Å². The zero-order valence-electron chi connectivity index (χ0n) is 16.7. The van der Waals surface area contributed by atoms with Gasteiger partial charge in [0.25, 0.3) is 5.69 Å². The summed E-state index contributed by atoms with van der Waals surface area (Å²) in [6.07, 6.45) is -4.57. The molecule has 1 fully saturated rings. The van der Waals surface area contributed by atoms with Gasteiger partial charge in [0.15, 0.2) is 0 Å². The van der Waals surface area contributed by atoms with Crippen LogP contribution in [0.25, 0.3) is 11.0 Å². The van der Waals surface area contributed by atoms with E-state index in [4.69, 9.17) is 0 Å². The number of nitro benzene ring substituents is 1. The first-order valence-electron chi connectivity index (χ1n) is 9.77. The lowest BCUT2D eigenvalue weighted by Gasteiger charge is -2.35. The number of hydrogen-bond donors (Lipinski definition) is 2. The fraction of sp³-hybridized carbons (Fsp3) is 0.300. The van der Waals surface area contributed by atoms with Crippen molar-refractivity contribution in [2.45, 2.75) is 6.18 Å². The fourth-order valence-corrected chi connectivity index (χ4v) is 3.57. The first kappa shape index (κ1) is 21.6. The molecular weight excluding hydrogens is 429 g/mol. The van der Waals surface area contributed by atoms with E-state index in [9.17, 15) is 28.1 Å². The third-order valence-electron chi connectivity index (χ3n) is 5.20. The Balaban J connectivity index is 1.31. The van der Waals surface area contributed by atoms with Crippen LogP contribution in [-0.2, 0) is 11.0 Å². The highest BCUT2D eigenvalue weighted by Crippen LogP contribution is 2.29. The minimum absolute atomic E-state index is 0.0343. The molecule has 0 radical (unpaired) electrons. The summed E-state index contributed by atoms with van der Waals surface area (Å²) >= 11 is 0. The van der Waals surface area contributed by atoms with Crippen LogP contribution < -0.4 is 10.2 Å². The highest BCUT2D eigenvalue weighted by molar-refractivity contribution is 5.94. The molecule has 0 bridgehead atoms. The Morgan fingerprint density at radius 1 is 1.12 bits per heavy atom. The maximum atomic E-state index is 12.8. The predicted molar refractivity (Wildman–Crippen MR) is 111 cm³/mol. The Hall–Kier alpha value is -3.67. The lowest BCUT2D eigenvalue weighted by atomic mass is 10.2. The number of anilines is 2. The zero-order chi connectivity index (χ0) is 22.9. The lowest BCUT2D eigenvalue weighted by molar-refractivity contribution is -0.384. The van der Waals surface area contributed by atoms with Crippen LogP contribution in [0.5, 0.6) is 0 Å². The number of nitrogens with one attached hydrogen (secondary N) is 2. The van der Waals surface area contributed by atoms with Gasteiger partial charge in [-0.05, 0) is 30.3 Å². The Labute approximate surface area is 180 Å². The van der Waals surface area contributed by atoms with Gasteiger partial charge in [0.05, 0.1) is 22.5 Å². The number of rotatable bonds is 5. The number of hydrogen-bond acceptors (Lipinski definition) is 6. The minimum Gasteiger partial charge on any atom is -0.369 e. The van der Waals surface area contributed by atoms with Crippen LogP contribution in [0.3, 0.4) is 0 Å². The van der Waals surface area contributed by atoms with Gasteiger partial charge >= 0.3 is 6.18 Å². The van der Waals surface area contributed by atoms with E-state index in [1.165, 1.54) is 30.3 Å². The van der Waals surface area contributed by atoms with Crippen LogP contribution in [0, 0.1) is 10.1 Å². The Morgan fingerprint density at radius 3 is 2.44 bits per heavy atom. The van der Waals surface area contributed by atoms with Crippen LogP contribution in [-0.4, -0.2) is 58.4 Å². The van der Waals surface area contributed by atoms with Gasteiger partial charge in [-0.3, -0.25) is 19.8 Å². The highest BCUT2D eigenvalue weighted by Gasteiger charge is 2.34. The third-order valence-corrected chi connectivity index (χ3v) is 5.20. The quantitative estimate of drug-likeness (QED) is 0.458. The number of benzene rings is 2. The average Bonchev–Trinajstić information content (AvgIpc) is 3.18. The zero-order valence-corrected chi connectivity index (χ0v) is 16.7. The lowest BCUT2D eigenvalue weighted by Crippen LogP contribution is -2.48. The Kier molecular flexibility index (Phi) is 5.70. The van der Waals surface area contributed by atoms with E-state index in [2.05, 4.69) is 20.2 Å². The van der Waals surface area contributed by atoms with Crippen molar-refractivity contribution in [2.75, 3.05) is 42.9 Å². The molecule has 168 valence electrons. The number of amides is 1. The summed E-state index contributed by atoms with van der Waals surface area (Å²) in [4.78, 5) is 32.5. The van der Waals surface area contributed by atoms with Gasteiger partial charge < -0.3 is 15.2 Å². The topological polar surface area (TPSA) is 107 Å². The molecule has 1 saturated heterocycles. The molecule has 9 nitrogen and oxygen atoms in total. The van der Waals surface area contributed by atoms with Crippen LogP contribution in [0.15, 0.2) is 42.5 Å². The molecule has 0 aliphatic carbocycles. The van der Waals surface area contributed by atoms with Gasteiger partial charge in [-0.2, -0.15) is 13.2 Å². The average molecular weight is 448 g/mol. The number of fused-ring (bicyclic) bond motifs is 1. The van der Waals surface area contributed by atoms with Crippen molar-refractivity contribution >= 4 is 34.0 Å². The molecule has 2 aromatic carbocycles. The smallest absolute Gasteiger partial charge is 0.369 e. The van der Waals surface area contributed by atoms with Crippen molar-refractivity contribution in [2.24, 2.45) is 0 Å². The number of piperazine rings is 1. The van der Waals surface area contributed by atoms with Gasteiger partial charge in [-0.15, -0.1) is 0 Å². The molecule has 0 unspecified atom stereocenters. The van der Waals surface area contributed by atoms with Crippen molar-refractivity contribution in [3.05, 3.63) is 58.4 Å². The Morgan fingerprint density at radius 2 is 1.81 bits per heavy atom. The molecule has 3 aromatic rings. The molecule has 0 saturated carbocycles. The molecule has 1 amide bonds. The summed E-state index contributed by atoms with van der Waals surface area (Å²) in [5.41, 5.74) is 1.65. The minimum atomic E-state index is -4.57. The van der Waals surface area contributed by atoms with Gasteiger partial charge in [-0.25, -0.2) is 4.98 Å². The van der Waals surface area contributed by atoms with E-state index in [0.717, 1.165) is 5.69 Å². The second-order valence-electron chi connectivity index (χ2n) is 7.40. The number of H-pyrrole nitrogens is 1. The van der Waals surface area contributed by atoms with E-state index < -0.39 is 16.9 Å². The maximum Gasteiger partial charge on any atom is 0.449 e. The third kappa shape index (κ3) is 4.80. The summed E-state index contributed by atoms with van der Waals surface area (Å²) in [6.45, 7) is 2.71. The summed E-state index contributed by atoms with van der Waals surface area (Å²) in [7, 11) is 0. The van der Waals surface area contributed by atoms with Crippen molar-refractivity contribution in [1.29, 1.82) is 0 Å². The summed E-state index contributed by atoms with van der Waals surface area (Å²) in [5.74, 6) is -1.36. The van der Waals surface area contributed by atoms with Crippen molar-refractivity contribution in [3.8, 4) is 0 Å². The molecule has 4 rings (SSSR count). The van der Waals surface area contributed by atoms with Crippen LogP contribution in [0.1, 0.15) is 5.82 Å². The van der Waals surface area contributed by atoms with E-state index in [-0.39, 0.29) is 29.2 Å². The number of carbonyl (C=O) groups excluding carboxylic acids is 1. The first-order valence-corrected chi connectivity index (χ1v) is 9.77. The molecule has 12 heteroatoms. The maximum absolute atomic E-state index is 12.8. The number of alkyl halides is 3. The number of nitrogens with zero attached hydrogens (tertiary/aromatic N) is 4. The molecule has 2 heterocycles. The van der Waals surface area contributed by atoms with E-state index >= 15 is 0 Å². The molecular formula is C20H19F3N6O3. The van der Waals surface area contributed by atoms with Gasteiger partial charge in [0, 0.05) is 49.7 Å². The van der Waals surface area contributed by atoms with E-state index in [1.54, 1.807) is 12.1 Å². The van der Waals surface area contributed by atoms with Crippen molar-refractivity contribution in [1.82, 2.24) is 14.9 Å². The predicted octanol–water partition coefficient (Wildman–Crippen LogP) is 3.25. The van der Waals surface area contributed by atoms with Crippen LogP contribution in [0.4, 0.5) is 30.2 Å². The van der Waals surface area contributed by atoms with E-state index in [0.29, 0.717) is 31.9 Å². The van der Waals surface area contributed by atoms with Crippen molar-refractivity contribution in [3.63, 3.8) is 0 Å². The molecule has 1 aliphatic rings. The highest BCUT2D eigenvalue weighted by atomic mass is 19.4. The molecule has 32 heavy (non-hydrogen) atoms. The first-order chi connectivity index (χ1) is 15.2. The number of non-ortho nitro benzene ring substituents is 1. The van der Waals surface area contributed by atoms with Gasteiger partial charge in [0.2, 0.25) is 11.7 Å². The number of aromatic amines is 1. The van der Waals surface area contributed by atoms with Crippen LogP contribution in [0.2, 0.25) is 0 Å². The second kappa shape index (κ2) is 8.46. The summed E-state index contributed by atoms with van der Waals surface area (Å²) < 4.78 is 38.4. The molecule has 1 aliphatic heterocycles. The Bertz CT molecular complexity index is 1140. The number of halogens is 3. The largest absolute Gasteiger partial charge is 0.449 e. The number of carbonyl (C=O) groups is 1. The SMILES string of the molecule is O=C(CN1CCN(c2ccc([N+](=O)[O-])cc2)CC1)Nc1ccc2nc(C(F)(F)F)[nH]c2c1. The molecule has 1 aromatic heterocycles. The molecule has 0 spiro atoms. The van der Waals surface area contributed by atoms with E-state index in [1.807, 2.05) is 4.90 Å². The second-order valence-corrected chi connectivity index (χ2v) is 7.40. The number of aromatic nitrogens is 2. The molecule has 2 N–H and O–H groups in total.